The Balaban J connectivity index is 2.36. The van der Waals surface area contributed by atoms with Crippen LogP contribution < -0.4 is 10.1 Å². The molecule has 3 heteroatoms. The molecule has 2 nitrogen and oxygen atoms in total. The molecule has 1 N–H and O–H groups in total. The van der Waals surface area contributed by atoms with Gasteiger partial charge in [0.15, 0.2) is 0 Å². The van der Waals surface area contributed by atoms with Gasteiger partial charge in [0.1, 0.15) is 5.75 Å². The lowest BCUT2D eigenvalue weighted by atomic mass is 9.88. The molecule has 1 saturated carbocycles. The SMILES string of the molecule is CNC1(c2ccc(OC)c(Cl)c2)CCCC1. The molecule has 0 bridgehead atoms. The van der Waals surface area contributed by atoms with Crippen molar-refractivity contribution < 1.29 is 4.74 Å². The van der Waals surface area contributed by atoms with Crippen LogP contribution in [0.15, 0.2) is 18.2 Å². The van der Waals surface area contributed by atoms with Crippen molar-refractivity contribution in [3.05, 3.63) is 28.8 Å². The monoisotopic (exact) mass is 239 g/mol. The molecular formula is C13H18ClNO. The van der Waals surface area contributed by atoms with Crippen LogP contribution in [-0.4, -0.2) is 14.2 Å². The minimum Gasteiger partial charge on any atom is -0.495 e. The van der Waals surface area contributed by atoms with E-state index >= 15 is 0 Å². The van der Waals surface area contributed by atoms with E-state index in [1.165, 1.54) is 31.2 Å². The van der Waals surface area contributed by atoms with Crippen molar-refractivity contribution in [2.24, 2.45) is 0 Å². The Morgan fingerprint density at radius 1 is 1.31 bits per heavy atom. The van der Waals surface area contributed by atoms with E-state index in [-0.39, 0.29) is 5.54 Å². The lowest BCUT2D eigenvalue weighted by Crippen LogP contribution is -2.36. The van der Waals surface area contributed by atoms with E-state index in [1.54, 1.807) is 7.11 Å². The topological polar surface area (TPSA) is 21.3 Å². The van der Waals surface area contributed by atoms with E-state index in [4.69, 9.17) is 16.3 Å². The van der Waals surface area contributed by atoms with Gasteiger partial charge in [-0.25, -0.2) is 0 Å². The average molecular weight is 240 g/mol. The van der Waals surface area contributed by atoms with Crippen molar-refractivity contribution in [2.45, 2.75) is 31.2 Å². The quantitative estimate of drug-likeness (QED) is 0.874. The molecule has 88 valence electrons. The second kappa shape index (κ2) is 4.64. The van der Waals surface area contributed by atoms with Crippen LogP contribution in [0.3, 0.4) is 0 Å². The van der Waals surface area contributed by atoms with Crippen molar-refractivity contribution in [3.63, 3.8) is 0 Å². The second-order valence-corrected chi connectivity index (χ2v) is 4.80. The highest BCUT2D eigenvalue weighted by atomic mass is 35.5. The lowest BCUT2D eigenvalue weighted by molar-refractivity contribution is 0.371. The fourth-order valence-electron chi connectivity index (χ4n) is 2.63. The maximum atomic E-state index is 6.17. The molecule has 0 atom stereocenters. The number of rotatable bonds is 3. The van der Waals surface area contributed by atoms with Gasteiger partial charge < -0.3 is 10.1 Å². The largest absolute Gasteiger partial charge is 0.495 e. The molecule has 0 aromatic heterocycles. The summed E-state index contributed by atoms with van der Waals surface area (Å²) in [6, 6.07) is 6.10. The third-order valence-corrected chi connectivity index (χ3v) is 3.94. The van der Waals surface area contributed by atoms with Crippen LogP contribution in [0.2, 0.25) is 5.02 Å². The molecule has 1 aromatic carbocycles. The molecule has 1 aliphatic carbocycles. The van der Waals surface area contributed by atoms with E-state index in [0.29, 0.717) is 5.02 Å². The third-order valence-electron chi connectivity index (χ3n) is 3.64. The van der Waals surface area contributed by atoms with Crippen LogP contribution in [0, 0.1) is 0 Å². The Labute approximate surface area is 102 Å². The number of benzene rings is 1. The average Bonchev–Trinajstić information content (AvgIpc) is 2.78. The second-order valence-electron chi connectivity index (χ2n) is 4.39. The lowest BCUT2D eigenvalue weighted by Gasteiger charge is -2.29. The van der Waals surface area contributed by atoms with Crippen LogP contribution in [-0.2, 0) is 5.54 Å². The van der Waals surface area contributed by atoms with Crippen molar-refractivity contribution in [3.8, 4) is 5.75 Å². The van der Waals surface area contributed by atoms with Crippen LogP contribution in [0.4, 0.5) is 0 Å². The summed E-state index contributed by atoms with van der Waals surface area (Å²) in [6.07, 6.45) is 4.94. The number of halogens is 1. The van der Waals surface area contributed by atoms with Gasteiger partial charge in [0.2, 0.25) is 0 Å². The van der Waals surface area contributed by atoms with Gasteiger partial charge in [-0.15, -0.1) is 0 Å². The predicted molar refractivity (Wildman–Crippen MR) is 67.2 cm³/mol. The highest BCUT2D eigenvalue weighted by Gasteiger charge is 2.34. The minimum atomic E-state index is 0.121. The maximum Gasteiger partial charge on any atom is 0.137 e. The van der Waals surface area contributed by atoms with Crippen molar-refractivity contribution in [2.75, 3.05) is 14.2 Å². The number of hydrogen-bond donors (Lipinski definition) is 1. The van der Waals surface area contributed by atoms with Crippen LogP contribution in [0.25, 0.3) is 0 Å². The molecule has 0 radical (unpaired) electrons. The van der Waals surface area contributed by atoms with E-state index in [1.807, 2.05) is 19.2 Å². The third kappa shape index (κ3) is 1.92. The summed E-state index contributed by atoms with van der Waals surface area (Å²) in [7, 11) is 3.67. The summed E-state index contributed by atoms with van der Waals surface area (Å²) < 4.78 is 5.18. The van der Waals surface area contributed by atoms with E-state index in [2.05, 4.69) is 11.4 Å². The summed E-state index contributed by atoms with van der Waals surface area (Å²) >= 11 is 6.17. The van der Waals surface area contributed by atoms with Gasteiger partial charge in [-0.2, -0.15) is 0 Å². The molecule has 2 rings (SSSR count). The fourth-order valence-corrected chi connectivity index (χ4v) is 2.88. The zero-order valence-electron chi connectivity index (χ0n) is 9.85. The number of ether oxygens (including phenoxy) is 1. The number of hydrogen-bond acceptors (Lipinski definition) is 2. The van der Waals surface area contributed by atoms with E-state index in [0.717, 1.165) is 5.75 Å². The molecular weight excluding hydrogens is 222 g/mol. The number of methoxy groups -OCH3 is 1. The first-order valence-electron chi connectivity index (χ1n) is 5.75. The van der Waals surface area contributed by atoms with Crippen LogP contribution in [0.5, 0.6) is 5.75 Å². The smallest absolute Gasteiger partial charge is 0.137 e. The summed E-state index contributed by atoms with van der Waals surface area (Å²) in [4.78, 5) is 0. The van der Waals surface area contributed by atoms with Crippen molar-refractivity contribution >= 4 is 11.6 Å². The van der Waals surface area contributed by atoms with Gasteiger partial charge >= 0.3 is 0 Å². The first-order valence-corrected chi connectivity index (χ1v) is 6.12. The van der Waals surface area contributed by atoms with E-state index in [9.17, 15) is 0 Å². The Bertz CT molecular complexity index is 372. The van der Waals surface area contributed by atoms with Crippen molar-refractivity contribution in [1.29, 1.82) is 0 Å². The fraction of sp³-hybridized carbons (Fsp3) is 0.538. The predicted octanol–water partition coefficient (Wildman–Crippen LogP) is 3.34. The maximum absolute atomic E-state index is 6.17. The van der Waals surface area contributed by atoms with Gasteiger partial charge in [-0.05, 0) is 37.6 Å². The minimum absolute atomic E-state index is 0.121. The van der Waals surface area contributed by atoms with Gasteiger partial charge in [-0.3, -0.25) is 0 Å². The Morgan fingerprint density at radius 3 is 2.50 bits per heavy atom. The van der Waals surface area contributed by atoms with Gasteiger partial charge in [0.25, 0.3) is 0 Å². The summed E-state index contributed by atoms with van der Waals surface area (Å²) in [5.41, 5.74) is 1.40. The van der Waals surface area contributed by atoms with Gasteiger partial charge in [0.05, 0.1) is 12.1 Å². The van der Waals surface area contributed by atoms with Crippen LogP contribution >= 0.6 is 11.6 Å². The molecule has 0 saturated heterocycles. The Morgan fingerprint density at radius 2 is 2.00 bits per heavy atom. The van der Waals surface area contributed by atoms with Gasteiger partial charge in [0, 0.05) is 5.54 Å². The Hall–Kier alpha value is -0.730. The summed E-state index contributed by atoms with van der Waals surface area (Å²) in [5.74, 6) is 0.745. The summed E-state index contributed by atoms with van der Waals surface area (Å²) in [5, 5.41) is 4.15. The van der Waals surface area contributed by atoms with E-state index < -0.39 is 0 Å². The molecule has 16 heavy (non-hydrogen) atoms. The zero-order chi connectivity index (χ0) is 11.6. The highest BCUT2D eigenvalue weighted by molar-refractivity contribution is 6.32. The molecule has 0 heterocycles. The molecule has 0 aliphatic heterocycles. The molecule has 1 fully saturated rings. The van der Waals surface area contributed by atoms with Crippen molar-refractivity contribution in [1.82, 2.24) is 5.32 Å². The molecule has 0 spiro atoms. The number of nitrogens with one attached hydrogen (secondary N) is 1. The normalized spacial score (nSPS) is 18.7. The highest BCUT2D eigenvalue weighted by Crippen LogP contribution is 2.40. The first kappa shape index (κ1) is 11.7. The molecule has 1 aliphatic rings. The standard InChI is InChI=1S/C13H18ClNO/c1-15-13(7-3-4-8-13)10-5-6-12(16-2)11(14)9-10/h5-6,9,15H,3-4,7-8H2,1-2H3. The molecule has 1 aromatic rings. The van der Waals surface area contributed by atoms with Crippen LogP contribution in [0.1, 0.15) is 31.2 Å². The Kier molecular flexibility index (Phi) is 3.41. The molecule has 0 unspecified atom stereocenters. The van der Waals surface area contributed by atoms with Gasteiger partial charge in [-0.1, -0.05) is 30.5 Å². The molecule has 0 amide bonds. The summed E-state index contributed by atoms with van der Waals surface area (Å²) in [6.45, 7) is 0. The zero-order valence-corrected chi connectivity index (χ0v) is 10.6. The first-order chi connectivity index (χ1) is 7.72.